The summed E-state index contributed by atoms with van der Waals surface area (Å²) in [7, 11) is 1.58. The summed E-state index contributed by atoms with van der Waals surface area (Å²) in [5.74, 6) is 1.29. The lowest BCUT2D eigenvalue weighted by Gasteiger charge is -2.10. The van der Waals surface area contributed by atoms with E-state index in [9.17, 15) is 4.79 Å². The number of hydrogen-bond acceptors (Lipinski definition) is 4. The van der Waals surface area contributed by atoms with E-state index in [0.29, 0.717) is 35.3 Å². The summed E-state index contributed by atoms with van der Waals surface area (Å²) in [6.07, 6.45) is 0. The topological polar surface area (TPSA) is 60.7 Å². The molecule has 3 aromatic rings. The predicted molar refractivity (Wildman–Crippen MR) is 96.8 cm³/mol. The number of methoxy groups -OCH3 is 1. The Hall–Kier alpha value is -2.66. The number of fused-ring (bicyclic) bond motifs is 1. The fraction of sp³-hybridized carbons (Fsp3) is 0.211. The van der Waals surface area contributed by atoms with Crippen LogP contribution in [0.15, 0.2) is 46.9 Å². The van der Waals surface area contributed by atoms with Crippen LogP contribution in [-0.4, -0.2) is 26.2 Å². The van der Waals surface area contributed by atoms with Crippen LogP contribution in [0.1, 0.15) is 16.1 Å². The lowest BCUT2D eigenvalue weighted by atomic mass is 10.1. The maximum Gasteiger partial charge on any atom is 0.287 e. The van der Waals surface area contributed by atoms with E-state index in [4.69, 9.17) is 25.5 Å². The zero-order valence-electron chi connectivity index (χ0n) is 14.0. The van der Waals surface area contributed by atoms with Gasteiger partial charge in [-0.2, -0.15) is 0 Å². The molecule has 0 radical (unpaired) electrons. The van der Waals surface area contributed by atoms with Crippen LogP contribution in [0, 0.1) is 6.92 Å². The molecule has 25 heavy (non-hydrogen) atoms. The first-order valence-electron chi connectivity index (χ1n) is 7.83. The Morgan fingerprint density at radius 3 is 2.72 bits per heavy atom. The van der Waals surface area contributed by atoms with Gasteiger partial charge in [0.15, 0.2) is 17.3 Å². The second-order valence-corrected chi connectivity index (χ2v) is 5.89. The number of aryl methyl sites for hydroxylation is 1. The lowest BCUT2D eigenvalue weighted by Crippen LogP contribution is -2.28. The van der Waals surface area contributed by atoms with Gasteiger partial charge in [0.2, 0.25) is 0 Å². The molecule has 1 amide bonds. The van der Waals surface area contributed by atoms with Gasteiger partial charge in [-0.1, -0.05) is 23.7 Å². The molecule has 0 fully saturated rings. The van der Waals surface area contributed by atoms with Gasteiger partial charge >= 0.3 is 0 Å². The van der Waals surface area contributed by atoms with E-state index in [1.54, 1.807) is 25.3 Å². The van der Waals surface area contributed by atoms with Crippen LogP contribution in [0.3, 0.4) is 0 Å². The highest BCUT2D eigenvalue weighted by Crippen LogP contribution is 2.28. The monoisotopic (exact) mass is 359 g/mol. The van der Waals surface area contributed by atoms with Crippen LogP contribution >= 0.6 is 11.6 Å². The highest BCUT2D eigenvalue weighted by atomic mass is 35.5. The number of hydrogen-bond donors (Lipinski definition) is 1. The Labute approximate surface area is 150 Å². The number of ether oxygens (including phenoxy) is 2. The zero-order chi connectivity index (χ0) is 17.8. The van der Waals surface area contributed by atoms with Gasteiger partial charge in [-0.15, -0.1) is 0 Å². The Morgan fingerprint density at radius 2 is 1.96 bits per heavy atom. The van der Waals surface area contributed by atoms with Crippen LogP contribution in [0.2, 0.25) is 5.02 Å². The number of carbonyl (C=O) groups is 1. The number of rotatable bonds is 6. The van der Waals surface area contributed by atoms with Crippen molar-refractivity contribution in [1.82, 2.24) is 5.32 Å². The fourth-order valence-corrected chi connectivity index (χ4v) is 2.73. The van der Waals surface area contributed by atoms with Crippen molar-refractivity contribution in [3.05, 3.63) is 58.8 Å². The molecule has 0 saturated heterocycles. The molecule has 130 valence electrons. The van der Waals surface area contributed by atoms with Crippen molar-refractivity contribution >= 4 is 28.5 Å². The number of furan rings is 1. The SMILES string of the molecule is COc1ccccc1OCCNC(=O)c1oc2ccc(Cl)cc2c1C. The average molecular weight is 360 g/mol. The summed E-state index contributed by atoms with van der Waals surface area (Å²) in [6, 6.07) is 12.6. The average Bonchev–Trinajstić information content (AvgIpc) is 2.95. The molecular formula is C19H18ClNO4. The normalized spacial score (nSPS) is 10.7. The van der Waals surface area contributed by atoms with Crippen molar-refractivity contribution in [2.75, 3.05) is 20.3 Å². The van der Waals surface area contributed by atoms with E-state index in [1.807, 2.05) is 31.2 Å². The molecular weight excluding hydrogens is 342 g/mol. The van der Waals surface area contributed by atoms with Crippen molar-refractivity contribution < 1.29 is 18.7 Å². The Bertz CT molecular complexity index is 904. The molecule has 1 N–H and O–H groups in total. The third-order valence-electron chi connectivity index (χ3n) is 3.82. The quantitative estimate of drug-likeness (QED) is 0.670. The van der Waals surface area contributed by atoms with Crippen LogP contribution < -0.4 is 14.8 Å². The van der Waals surface area contributed by atoms with Crippen LogP contribution in [-0.2, 0) is 0 Å². The van der Waals surface area contributed by atoms with Crippen molar-refractivity contribution in [1.29, 1.82) is 0 Å². The third kappa shape index (κ3) is 3.72. The number of nitrogens with one attached hydrogen (secondary N) is 1. The van der Waals surface area contributed by atoms with Gasteiger partial charge in [0, 0.05) is 16.0 Å². The Kier molecular flexibility index (Phi) is 5.14. The van der Waals surface area contributed by atoms with E-state index in [1.165, 1.54) is 0 Å². The van der Waals surface area contributed by atoms with Gasteiger partial charge < -0.3 is 19.2 Å². The van der Waals surface area contributed by atoms with Gasteiger partial charge in [0.25, 0.3) is 5.91 Å². The second kappa shape index (κ2) is 7.49. The van der Waals surface area contributed by atoms with Crippen molar-refractivity contribution in [3.63, 3.8) is 0 Å². The maximum absolute atomic E-state index is 12.3. The molecule has 5 nitrogen and oxygen atoms in total. The molecule has 0 bridgehead atoms. The van der Waals surface area contributed by atoms with E-state index in [-0.39, 0.29) is 11.7 Å². The number of benzene rings is 2. The maximum atomic E-state index is 12.3. The lowest BCUT2D eigenvalue weighted by molar-refractivity contribution is 0.0920. The molecule has 1 heterocycles. The van der Waals surface area contributed by atoms with Gasteiger partial charge in [0.05, 0.1) is 13.7 Å². The fourth-order valence-electron chi connectivity index (χ4n) is 2.55. The third-order valence-corrected chi connectivity index (χ3v) is 4.05. The summed E-state index contributed by atoms with van der Waals surface area (Å²) in [4.78, 5) is 12.3. The molecule has 0 aliphatic rings. The van der Waals surface area contributed by atoms with Crippen molar-refractivity contribution in [3.8, 4) is 11.5 Å². The van der Waals surface area contributed by atoms with Crippen molar-refractivity contribution in [2.24, 2.45) is 0 Å². The highest BCUT2D eigenvalue weighted by Gasteiger charge is 2.17. The second-order valence-electron chi connectivity index (χ2n) is 5.45. The highest BCUT2D eigenvalue weighted by molar-refractivity contribution is 6.31. The summed E-state index contributed by atoms with van der Waals surface area (Å²) in [6.45, 7) is 2.49. The van der Waals surface area contributed by atoms with Gasteiger partial charge in [0.1, 0.15) is 12.2 Å². The molecule has 0 unspecified atom stereocenters. The number of para-hydroxylation sites is 2. The van der Waals surface area contributed by atoms with E-state index in [2.05, 4.69) is 5.32 Å². The smallest absolute Gasteiger partial charge is 0.287 e. The standard InChI is InChI=1S/C19H18ClNO4/c1-12-14-11-13(20)7-8-15(14)25-18(12)19(22)21-9-10-24-17-6-4-3-5-16(17)23-2/h3-8,11H,9-10H2,1-2H3,(H,21,22). The molecule has 2 aromatic carbocycles. The molecule has 1 aromatic heterocycles. The predicted octanol–water partition coefficient (Wildman–Crippen LogP) is 4.21. The van der Waals surface area contributed by atoms with Crippen molar-refractivity contribution in [2.45, 2.75) is 6.92 Å². The number of amides is 1. The van der Waals surface area contributed by atoms with E-state index < -0.39 is 0 Å². The molecule has 3 rings (SSSR count). The van der Waals surface area contributed by atoms with Gasteiger partial charge in [-0.3, -0.25) is 4.79 Å². The first-order chi connectivity index (χ1) is 12.1. The van der Waals surface area contributed by atoms with Crippen LogP contribution in [0.5, 0.6) is 11.5 Å². The Balaban J connectivity index is 1.60. The minimum absolute atomic E-state index is 0.284. The summed E-state index contributed by atoms with van der Waals surface area (Å²) >= 11 is 6.00. The number of halogens is 1. The van der Waals surface area contributed by atoms with Gasteiger partial charge in [-0.25, -0.2) is 0 Å². The molecule has 0 atom stereocenters. The molecule has 6 heteroatoms. The Morgan fingerprint density at radius 1 is 1.20 bits per heavy atom. The molecule has 0 saturated carbocycles. The zero-order valence-corrected chi connectivity index (χ0v) is 14.7. The summed E-state index contributed by atoms with van der Waals surface area (Å²) in [5, 5.41) is 4.23. The van der Waals surface area contributed by atoms with Crippen LogP contribution in [0.4, 0.5) is 0 Å². The first-order valence-corrected chi connectivity index (χ1v) is 8.20. The van der Waals surface area contributed by atoms with Gasteiger partial charge in [-0.05, 0) is 37.3 Å². The first kappa shape index (κ1) is 17.2. The van der Waals surface area contributed by atoms with Crippen LogP contribution in [0.25, 0.3) is 11.0 Å². The molecule has 0 spiro atoms. The summed E-state index contributed by atoms with van der Waals surface area (Å²) < 4.78 is 16.5. The largest absolute Gasteiger partial charge is 0.493 e. The molecule has 0 aliphatic carbocycles. The molecule has 0 aliphatic heterocycles. The van der Waals surface area contributed by atoms with E-state index >= 15 is 0 Å². The minimum atomic E-state index is -0.284. The number of carbonyl (C=O) groups excluding carboxylic acids is 1. The summed E-state index contributed by atoms with van der Waals surface area (Å²) in [5.41, 5.74) is 1.40. The minimum Gasteiger partial charge on any atom is -0.493 e. The van der Waals surface area contributed by atoms with E-state index in [0.717, 1.165) is 10.9 Å².